The quantitative estimate of drug-likeness (QED) is 0.778. The fraction of sp³-hybridized carbons (Fsp3) is 0.348. The van der Waals surface area contributed by atoms with E-state index >= 15 is 0 Å². The Bertz CT molecular complexity index is 850. The Hall–Kier alpha value is -2.95. The first-order valence-corrected chi connectivity index (χ1v) is 9.59. The number of carbonyl (C=O) groups excluding carboxylic acids is 2. The van der Waals surface area contributed by atoms with Gasteiger partial charge in [-0.25, -0.2) is 0 Å². The number of aryl methyl sites for hydroxylation is 1. The summed E-state index contributed by atoms with van der Waals surface area (Å²) in [6.45, 7) is 2.73. The van der Waals surface area contributed by atoms with E-state index in [-0.39, 0.29) is 24.5 Å². The minimum Gasteiger partial charge on any atom is -0.481 e. The Balaban J connectivity index is 1.58. The summed E-state index contributed by atoms with van der Waals surface area (Å²) >= 11 is 0. The Labute approximate surface area is 165 Å². The predicted molar refractivity (Wildman–Crippen MR) is 106 cm³/mol. The Morgan fingerprint density at radius 1 is 0.929 bits per heavy atom. The number of piperidine rings is 1. The van der Waals surface area contributed by atoms with Gasteiger partial charge in [0.15, 0.2) is 5.78 Å². The zero-order valence-corrected chi connectivity index (χ0v) is 16.1. The lowest BCUT2D eigenvalue weighted by Gasteiger charge is -2.39. The highest BCUT2D eigenvalue weighted by molar-refractivity contribution is 5.98. The van der Waals surface area contributed by atoms with Gasteiger partial charge >= 0.3 is 5.97 Å². The summed E-state index contributed by atoms with van der Waals surface area (Å²) in [5.41, 5.74) is 1.53. The van der Waals surface area contributed by atoms with Crippen molar-refractivity contribution in [2.24, 2.45) is 0 Å². The number of Topliss-reactive ketones (excluding diaryl/α,β-unsaturated/α-hetero) is 1. The number of carboxylic acid groups (broad SMARTS) is 1. The Kier molecular flexibility index (Phi) is 5.93. The molecule has 28 heavy (non-hydrogen) atoms. The Morgan fingerprint density at radius 2 is 1.54 bits per heavy atom. The molecule has 0 aliphatic carbocycles. The molecular formula is C23H25NO4. The number of hydrogen-bond donors (Lipinski definition) is 1. The maximum absolute atomic E-state index is 12.5. The molecular weight excluding hydrogens is 354 g/mol. The minimum atomic E-state index is -0.949. The molecule has 2 aromatic rings. The average Bonchev–Trinajstić information content (AvgIpc) is 2.73. The van der Waals surface area contributed by atoms with Gasteiger partial charge in [-0.05, 0) is 25.3 Å². The van der Waals surface area contributed by atoms with Crippen LogP contribution in [-0.2, 0) is 15.0 Å². The monoisotopic (exact) mass is 379 g/mol. The van der Waals surface area contributed by atoms with Gasteiger partial charge in [-0.2, -0.15) is 0 Å². The van der Waals surface area contributed by atoms with Gasteiger partial charge in [-0.3, -0.25) is 14.4 Å². The molecule has 1 aliphatic rings. The van der Waals surface area contributed by atoms with E-state index in [1.807, 2.05) is 49.4 Å². The number of likely N-dealkylation sites (tertiary alicyclic amines) is 1. The number of carbonyl (C=O) groups is 3. The van der Waals surface area contributed by atoms with Crippen LogP contribution in [0.3, 0.4) is 0 Å². The zero-order chi connectivity index (χ0) is 20.1. The number of amides is 1. The molecule has 1 aliphatic heterocycles. The van der Waals surface area contributed by atoms with Gasteiger partial charge in [0.1, 0.15) is 0 Å². The number of ketones is 1. The first-order chi connectivity index (χ1) is 13.4. The summed E-state index contributed by atoms with van der Waals surface area (Å²) in [6, 6.07) is 16.6. The van der Waals surface area contributed by atoms with Gasteiger partial charge < -0.3 is 10.0 Å². The third kappa shape index (κ3) is 4.14. The summed E-state index contributed by atoms with van der Waals surface area (Å²) in [7, 11) is 0. The maximum atomic E-state index is 12.5. The lowest BCUT2D eigenvalue weighted by Crippen LogP contribution is -2.49. The van der Waals surface area contributed by atoms with Gasteiger partial charge in [0.05, 0.1) is 5.41 Å². The van der Waals surface area contributed by atoms with E-state index in [4.69, 9.17) is 0 Å². The molecule has 5 nitrogen and oxygen atoms in total. The van der Waals surface area contributed by atoms with E-state index in [9.17, 15) is 19.5 Å². The maximum Gasteiger partial charge on any atom is 0.314 e. The van der Waals surface area contributed by atoms with Gasteiger partial charge in [0.25, 0.3) is 0 Å². The lowest BCUT2D eigenvalue weighted by molar-refractivity contribution is -0.148. The number of benzene rings is 2. The van der Waals surface area contributed by atoms with Gasteiger partial charge in [-0.1, -0.05) is 60.2 Å². The Morgan fingerprint density at radius 3 is 2.11 bits per heavy atom. The lowest BCUT2D eigenvalue weighted by atomic mass is 9.73. The van der Waals surface area contributed by atoms with Crippen LogP contribution in [0.2, 0.25) is 0 Å². The van der Waals surface area contributed by atoms with Gasteiger partial charge in [0.2, 0.25) is 5.91 Å². The second-order valence-corrected chi connectivity index (χ2v) is 7.42. The molecule has 0 aromatic heterocycles. The molecule has 0 radical (unpaired) electrons. The van der Waals surface area contributed by atoms with Crippen LogP contribution >= 0.6 is 0 Å². The van der Waals surface area contributed by atoms with Crippen LogP contribution in [-0.4, -0.2) is 40.8 Å². The average molecular weight is 379 g/mol. The molecule has 0 bridgehead atoms. The highest BCUT2D eigenvalue weighted by Gasteiger charge is 2.43. The van der Waals surface area contributed by atoms with E-state index in [1.54, 1.807) is 17.0 Å². The van der Waals surface area contributed by atoms with Crippen molar-refractivity contribution in [3.05, 3.63) is 71.3 Å². The molecule has 1 N–H and O–H groups in total. The van der Waals surface area contributed by atoms with Crippen molar-refractivity contribution in [1.82, 2.24) is 4.90 Å². The molecule has 1 amide bonds. The van der Waals surface area contributed by atoms with E-state index in [2.05, 4.69) is 0 Å². The molecule has 0 atom stereocenters. The fourth-order valence-electron chi connectivity index (χ4n) is 3.78. The van der Waals surface area contributed by atoms with Crippen molar-refractivity contribution in [2.75, 3.05) is 13.1 Å². The fourth-order valence-corrected chi connectivity index (χ4v) is 3.78. The number of rotatable bonds is 6. The molecule has 0 saturated carbocycles. The molecule has 1 fully saturated rings. The second-order valence-electron chi connectivity index (χ2n) is 7.42. The summed E-state index contributed by atoms with van der Waals surface area (Å²) in [4.78, 5) is 38.5. The smallest absolute Gasteiger partial charge is 0.314 e. The van der Waals surface area contributed by atoms with Crippen molar-refractivity contribution in [3.8, 4) is 0 Å². The highest BCUT2D eigenvalue weighted by atomic mass is 16.4. The van der Waals surface area contributed by atoms with Crippen LogP contribution < -0.4 is 0 Å². The standard InChI is InChI=1S/C23H25NO4/c1-17-7-9-18(10-8-17)20(25)11-12-21(26)24-15-13-23(14-16-24,22(27)28)19-5-3-2-4-6-19/h2-10H,11-16H2,1H3,(H,27,28). The number of aliphatic carboxylic acids is 1. The largest absolute Gasteiger partial charge is 0.481 e. The molecule has 5 heteroatoms. The van der Waals surface area contributed by atoms with Crippen molar-refractivity contribution in [3.63, 3.8) is 0 Å². The molecule has 146 valence electrons. The highest BCUT2D eigenvalue weighted by Crippen LogP contribution is 2.36. The minimum absolute atomic E-state index is 0.0467. The van der Waals surface area contributed by atoms with Crippen molar-refractivity contribution >= 4 is 17.7 Å². The third-order valence-electron chi connectivity index (χ3n) is 5.64. The summed E-state index contributed by atoms with van der Waals surface area (Å²) < 4.78 is 0. The van der Waals surface area contributed by atoms with E-state index in [1.165, 1.54) is 0 Å². The van der Waals surface area contributed by atoms with E-state index in [0.717, 1.165) is 11.1 Å². The van der Waals surface area contributed by atoms with Crippen LogP contribution in [0.5, 0.6) is 0 Å². The first-order valence-electron chi connectivity index (χ1n) is 9.59. The second kappa shape index (κ2) is 8.38. The van der Waals surface area contributed by atoms with Crippen molar-refractivity contribution in [1.29, 1.82) is 0 Å². The molecule has 1 heterocycles. The summed E-state index contributed by atoms with van der Waals surface area (Å²) in [5.74, 6) is -0.984. The van der Waals surface area contributed by atoms with Crippen LogP contribution in [0.1, 0.15) is 47.2 Å². The van der Waals surface area contributed by atoms with Crippen LogP contribution in [0.4, 0.5) is 0 Å². The van der Waals surface area contributed by atoms with Crippen LogP contribution in [0.15, 0.2) is 54.6 Å². The third-order valence-corrected chi connectivity index (χ3v) is 5.64. The summed E-state index contributed by atoms with van der Waals surface area (Å²) in [6.07, 6.45) is 1.08. The molecule has 0 unspecified atom stereocenters. The van der Waals surface area contributed by atoms with Crippen molar-refractivity contribution < 1.29 is 19.5 Å². The van der Waals surface area contributed by atoms with E-state index < -0.39 is 11.4 Å². The van der Waals surface area contributed by atoms with Crippen molar-refractivity contribution in [2.45, 2.75) is 38.0 Å². The number of nitrogens with zero attached hydrogens (tertiary/aromatic N) is 1. The topological polar surface area (TPSA) is 74.7 Å². The zero-order valence-electron chi connectivity index (χ0n) is 16.1. The van der Waals surface area contributed by atoms with Gasteiger partial charge in [0, 0.05) is 31.5 Å². The van der Waals surface area contributed by atoms with Crippen LogP contribution in [0.25, 0.3) is 0 Å². The normalized spacial score (nSPS) is 15.8. The predicted octanol–water partition coefficient (Wildman–Crippen LogP) is 3.60. The number of hydrogen-bond acceptors (Lipinski definition) is 3. The number of carboxylic acids is 1. The molecule has 0 spiro atoms. The first kappa shape index (κ1) is 19.8. The van der Waals surface area contributed by atoms with E-state index in [0.29, 0.717) is 31.5 Å². The molecule has 1 saturated heterocycles. The molecule has 3 rings (SSSR count). The van der Waals surface area contributed by atoms with Crippen LogP contribution in [0, 0.1) is 6.92 Å². The summed E-state index contributed by atoms with van der Waals surface area (Å²) in [5, 5.41) is 9.84. The van der Waals surface area contributed by atoms with Gasteiger partial charge in [-0.15, -0.1) is 0 Å². The molecule has 2 aromatic carbocycles. The SMILES string of the molecule is Cc1ccc(C(=O)CCC(=O)N2CCC(C(=O)O)(c3ccccc3)CC2)cc1.